The summed E-state index contributed by atoms with van der Waals surface area (Å²) in [7, 11) is 0. The SMILES string of the molecule is O=C([C@H]1CCCO1)N1CC[C@@H](c2cccc(C(F)(F)F)c2)C1. The lowest BCUT2D eigenvalue weighted by Crippen LogP contribution is -2.37. The molecule has 3 rings (SSSR count). The molecule has 6 heteroatoms. The van der Waals surface area contributed by atoms with E-state index in [1.165, 1.54) is 12.1 Å². The van der Waals surface area contributed by atoms with E-state index in [2.05, 4.69) is 0 Å². The minimum atomic E-state index is -4.33. The molecule has 1 aromatic carbocycles. The number of hydrogen-bond donors (Lipinski definition) is 0. The van der Waals surface area contributed by atoms with Crippen LogP contribution in [-0.2, 0) is 15.7 Å². The molecule has 2 heterocycles. The van der Waals surface area contributed by atoms with Gasteiger partial charge in [-0.15, -0.1) is 0 Å². The van der Waals surface area contributed by atoms with Crippen LogP contribution >= 0.6 is 0 Å². The number of benzene rings is 1. The molecule has 120 valence electrons. The van der Waals surface area contributed by atoms with Gasteiger partial charge in [-0.05, 0) is 30.9 Å². The van der Waals surface area contributed by atoms with Crippen LogP contribution in [0.15, 0.2) is 24.3 Å². The van der Waals surface area contributed by atoms with E-state index in [-0.39, 0.29) is 17.9 Å². The van der Waals surface area contributed by atoms with Crippen LogP contribution in [0.2, 0.25) is 0 Å². The minimum absolute atomic E-state index is 0.0213. The molecule has 0 N–H and O–H groups in total. The van der Waals surface area contributed by atoms with E-state index >= 15 is 0 Å². The first kappa shape index (κ1) is 15.3. The zero-order valence-electron chi connectivity index (χ0n) is 12.1. The van der Waals surface area contributed by atoms with Crippen LogP contribution in [0.4, 0.5) is 13.2 Å². The molecule has 0 spiro atoms. The zero-order valence-corrected chi connectivity index (χ0v) is 12.1. The lowest BCUT2D eigenvalue weighted by Gasteiger charge is -2.20. The van der Waals surface area contributed by atoms with Gasteiger partial charge in [0.05, 0.1) is 5.56 Å². The zero-order chi connectivity index (χ0) is 15.7. The van der Waals surface area contributed by atoms with Gasteiger partial charge in [0.15, 0.2) is 0 Å². The van der Waals surface area contributed by atoms with E-state index in [9.17, 15) is 18.0 Å². The summed E-state index contributed by atoms with van der Waals surface area (Å²) in [5.41, 5.74) is 0.0198. The van der Waals surface area contributed by atoms with Gasteiger partial charge in [-0.1, -0.05) is 18.2 Å². The Morgan fingerprint density at radius 3 is 2.77 bits per heavy atom. The molecule has 0 aromatic heterocycles. The van der Waals surface area contributed by atoms with Crippen LogP contribution in [0.1, 0.15) is 36.3 Å². The molecule has 22 heavy (non-hydrogen) atoms. The Kier molecular flexibility index (Phi) is 4.12. The number of carbonyl (C=O) groups is 1. The number of carbonyl (C=O) groups excluding carboxylic acids is 1. The average molecular weight is 313 g/mol. The van der Waals surface area contributed by atoms with Crippen molar-refractivity contribution in [2.75, 3.05) is 19.7 Å². The van der Waals surface area contributed by atoms with Crippen LogP contribution < -0.4 is 0 Å². The van der Waals surface area contributed by atoms with Gasteiger partial charge in [0, 0.05) is 25.6 Å². The van der Waals surface area contributed by atoms with Gasteiger partial charge >= 0.3 is 6.18 Å². The van der Waals surface area contributed by atoms with E-state index < -0.39 is 11.7 Å². The van der Waals surface area contributed by atoms with Crippen molar-refractivity contribution in [3.05, 3.63) is 35.4 Å². The average Bonchev–Trinajstić information content (AvgIpc) is 3.17. The van der Waals surface area contributed by atoms with Gasteiger partial charge in [0.25, 0.3) is 5.91 Å². The van der Waals surface area contributed by atoms with Crippen molar-refractivity contribution in [3.8, 4) is 0 Å². The van der Waals surface area contributed by atoms with Gasteiger partial charge < -0.3 is 9.64 Å². The molecule has 0 unspecified atom stereocenters. The van der Waals surface area contributed by atoms with Gasteiger partial charge in [0.2, 0.25) is 0 Å². The Morgan fingerprint density at radius 1 is 1.27 bits per heavy atom. The van der Waals surface area contributed by atoms with E-state index in [0.717, 1.165) is 18.9 Å². The molecule has 2 fully saturated rings. The van der Waals surface area contributed by atoms with Crippen LogP contribution in [0.3, 0.4) is 0 Å². The minimum Gasteiger partial charge on any atom is -0.368 e. The maximum Gasteiger partial charge on any atom is 0.416 e. The molecule has 0 radical (unpaired) electrons. The second kappa shape index (κ2) is 5.91. The molecular formula is C16H18F3NO2. The number of amides is 1. The third-order valence-electron chi connectivity index (χ3n) is 4.39. The van der Waals surface area contributed by atoms with E-state index in [1.807, 2.05) is 0 Å². The predicted molar refractivity (Wildman–Crippen MR) is 74.4 cm³/mol. The predicted octanol–water partition coefficient (Wildman–Crippen LogP) is 3.20. The van der Waals surface area contributed by atoms with E-state index in [4.69, 9.17) is 4.74 Å². The first-order valence-electron chi connectivity index (χ1n) is 7.52. The molecule has 1 aromatic rings. The number of nitrogens with zero attached hydrogens (tertiary/aromatic N) is 1. The highest BCUT2D eigenvalue weighted by molar-refractivity contribution is 5.81. The summed E-state index contributed by atoms with van der Waals surface area (Å²) in [6.45, 7) is 1.67. The van der Waals surface area contributed by atoms with E-state index in [0.29, 0.717) is 31.7 Å². The summed E-state index contributed by atoms with van der Waals surface area (Å²) < 4.78 is 43.7. The van der Waals surface area contributed by atoms with Crippen molar-refractivity contribution in [2.45, 2.75) is 37.5 Å². The maximum atomic E-state index is 12.8. The highest BCUT2D eigenvalue weighted by atomic mass is 19.4. The summed E-state index contributed by atoms with van der Waals surface area (Å²) in [5, 5.41) is 0. The molecular weight excluding hydrogens is 295 g/mol. The van der Waals surface area contributed by atoms with Gasteiger partial charge in [-0.3, -0.25) is 4.79 Å². The largest absolute Gasteiger partial charge is 0.416 e. The Morgan fingerprint density at radius 2 is 2.09 bits per heavy atom. The third kappa shape index (κ3) is 3.11. The summed E-state index contributed by atoms with van der Waals surface area (Å²) in [4.78, 5) is 14.0. The molecule has 1 amide bonds. The van der Waals surface area contributed by atoms with Crippen LogP contribution in [0.5, 0.6) is 0 Å². The first-order valence-corrected chi connectivity index (χ1v) is 7.52. The quantitative estimate of drug-likeness (QED) is 0.839. The molecule has 2 aliphatic heterocycles. The molecule has 2 saturated heterocycles. The Hall–Kier alpha value is -1.56. The molecule has 2 aliphatic rings. The van der Waals surface area contributed by atoms with Gasteiger partial charge in [0.1, 0.15) is 6.10 Å². The topological polar surface area (TPSA) is 29.5 Å². The van der Waals surface area contributed by atoms with Crippen molar-refractivity contribution in [1.29, 1.82) is 0 Å². The van der Waals surface area contributed by atoms with E-state index in [1.54, 1.807) is 11.0 Å². The number of rotatable bonds is 2. The Labute approximate surface area is 127 Å². The van der Waals surface area contributed by atoms with Crippen LogP contribution in [0, 0.1) is 0 Å². The summed E-state index contributed by atoms with van der Waals surface area (Å²) >= 11 is 0. The standard InChI is InChI=1S/C16H18F3NO2/c17-16(18,19)13-4-1-3-11(9-13)12-6-7-20(10-12)15(21)14-5-2-8-22-14/h1,3-4,9,12,14H,2,5-8,10H2/t12-,14-/m1/s1. The fourth-order valence-corrected chi connectivity index (χ4v) is 3.18. The van der Waals surface area contributed by atoms with Crippen molar-refractivity contribution < 1.29 is 22.7 Å². The van der Waals surface area contributed by atoms with Crippen molar-refractivity contribution in [2.24, 2.45) is 0 Å². The number of likely N-dealkylation sites (tertiary alicyclic amines) is 1. The normalized spacial score (nSPS) is 25.7. The maximum absolute atomic E-state index is 12.8. The monoisotopic (exact) mass is 313 g/mol. The van der Waals surface area contributed by atoms with Crippen LogP contribution in [-0.4, -0.2) is 36.6 Å². The number of alkyl halides is 3. The Bertz CT molecular complexity index is 553. The molecule has 0 aliphatic carbocycles. The fraction of sp³-hybridized carbons (Fsp3) is 0.562. The van der Waals surface area contributed by atoms with Gasteiger partial charge in [-0.2, -0.15) is 13.2 Å². The second-order valence-electron chi connectivity index (χ2n) is 5.89. The highest BCUT2D eigenvalue weighted by Crippen LogP contribution is 2.34. The van der Waals surface area contributed by atoms with Crippen molar-refractivity contribution in [1.82, 2.24) is 4.90 Å². The smallest absolute Gasteiger partial charge is 0.368 e. The fourth-order valence-electron chi connectivity index (χ4n) is 3.18. The lowest BCUT2D eigenvalue weighted by molar-refractivity contribution is -0.140. The third-order valence-corrected chi connectivity index (χ3v) is 4.39. The molecule has 0 saturated carbocycles. The summed E-state index contributed by atoms with van der Waals surface area (Å²) in [5.74, 6) is -0.0559. The van der Waals surface area contributed by atoms with Crippen molar-refractivity contribution in [3.63, 3.8) is 0 Å². The molecule has 3 nitrogen and oxygen atoms in total. The lowest BCUT2D eigenvalue weighted by atomic mass is 9.96. The number of halogens is 3. The highest BCUT2D eigenvalue weighted by Gasteiger charge is 2.35. The summed E-state index contributed by atoms with van der Waals surface area (Å²) in [6.07, 6.45) is -2.37. The summed E-state index contributed by atoms with van der Waals surface area (Å²) in [6, 6.07) is 5.42. The number of ether oxygens (including phenoxy) is 1. The van der Waals surface area contributed by atoms with Crippen molar-refractivity contribution >= 4 is 5.91 Å². The Balaban J connectivity index is 1.68. The number of hydrogen-bond acceptors (Lipinski definition) is 2. The molecule has 0 bridgehead atoms. The van der Waals surface area contributed by atoms with Gasteiger partial charge in [-0.25, -0.2) is 0 Å². The first-order chi connectivity index (χ1) is 10.4. The molecule has 2 atom stereocenters. The second-order valence-corrected chi connectivity index (χ2v) is 5.89. The van der Waals surface area contributed by atoms with Crippen LogP contribution in [0.25, 0.3) is 0 Å².